The Morgan fingerprint density at radius 1 is 1.25 bits per heavy atom. The van der Waals surface area contributed by atoms with Crippen LogP contribution in [0.1, 0.15) is 49.8 Å². The zero-order chi connectivity index (χ0) is 13.9. The van der Waals surface area contributed by atoms with Crippen molar-refractivity contribution in [1.29, 1.82) is 0 Å². The van der Waals surface area contributed by atoms with E-state index in [1.807, 2.05) is 12.1 Å². The highest BCUT2D eigenvalue weighted by atomic mass is 16.3. The highest BCUT2D eigenvalue weighted by Crippen LogP contribution is 2.34. The highest BCUT2D eigenvalue weighted by Gasteiger charge is 2.26. The second-order valence-electron chi connectivity index (χ2n) is 6.26. The average molecular weight is 274 g/mol. The molecule has 0 amide bonds. The van der Waals surface area contributed by atoms with Crippen LogP contribution in [0, 0.1) is 0 Å². The van der Waals surface area contributed by atoms with Crippen LogP contribution in [0.2, 0.25) is 0 Å². The van der Waals surface area contributed by atoms with Gasteiger partial charge < -0.3 is 15.3 Å². The van der Waals surface area contributed by atoms with Crippen LogP contribution in [0.25, 0.3) is 0 Å². The number of piperidine rings is 1. The van der Waals surface area contributed by atoms with E-state index >= 15 is 0 Å². The molecule has 1 aliphatic carbocycles. The third kappa shape index (κ3) is 2.99. The number of benzene rings is 1. The van der Waals surface area contributed by atoms with E-state index in [1.165, 1.54) is 56.4 Å². The Morgan fingerprint density at radius 3 is 2.80 bits per heavy atom. The molecule has 1 aromatic carbocycles. The van der Waals surface area contributed by atoms with Crippen LogP contribution >= 0.6 is 0 Å². The summed E-state index contributed by atoms with van der Waals surface area (Å²) < 4.78 is 0. The lowest BCUT2D eigenvalue weighted by molar-refractivity contribution is 0.191. The van der Waals surface area contributed by atoms with Crippen molar-refractivity contribution in [2.45, 2.75) is 51.1 Å². The first-order chi connectivity index (χ1) is 9.76. The van der Waals surface area contributed by atoms with Crippen molar-refractivity contribution >= 4 is 0 Å². The lowest BCUT2D eigenvalue weighted by Crippen LogP contribution is -2.43. The molecule has 110 valence electrons. The van der Waals surface area contributed by atoms with Crippen LogP contribution in [0.5, 0.6) is 5.75 Å². The molecule has 0 saturated carbocycles. The molecular formula is C17H26N2O. The smallest absolute Gasteiger partial charge is 0.115 e. The van der Waals surface area contributed by atoms with Gasteiger partial charge in [0.25, 0.3) is 0 Å². The molecule has 1 fully saturated rings. The molecule has 2 aliphatic rings. The molecule has 0 radical (unpaired) electrons. The van der Waals surface area contributed by atoms with E-state index in [4.69, 9.17) is 0 Å². The summed E-state index contributed by atoms with van der Waals surface area (Å²) >= 11 is 0. The maximum Gasteiger partial charge on any atom is 0.115 e. The summed E-state index contributed by atoms with van der Waals surface area (Å²) in [5, 5.41) is 13.4. The summed E-state index contributed by atoms with van der Waals surface area (Å²) in [6, 6.07) is 7.01. The molecule has 1 unspecified atom stereocenters. The van der Waals surface area contributed by atoms with E-state index in [0.29, 0.717) is 17.8 Å². The number of aromatic hydroxyl groups is 1. The van der Waals surface area contributed by atoms with Crippen LogP contribution in [-0.4, -0.2) is 35.7 Å². The number of rotatable bonds is 4. The molecule has 3 heteroatoms. The van der Waals surface area contributed by atoms with E-state index in [9.17, 15) is 5.11 Å². The predicted octanol–water partition coefficient (Wildman–Crippen LogP) is 2.84. The van der Waals surface area contributed by atoms with Crippen molar-refractivity contribution in [3.05, 3.63) is 29.3 Å². The monoisotopic (exact) mass is 274 g/mol. The summed E-state index contributed by atoms with van der Waals surface area (Å²) in [6.07, 6.45) is 6.06. The lowest BCUT2D eigenvalue weighted by Gasteiger charge is -2.34. The van der Waals surface area contributed by atoms with Crippen molar-refractivity contribution < 1.29 is 5.11 Å². The fraction of sp³-hybridized carbons (Fsp3) is 0.647. The number of fused-ring (bicyclic) bond motifs is 1. The minimum atomic E-state index is 0.400. The van der Waals surface area contributed by atoms with Crippen molar-refractivity contribution in [2.24, 2.45) is 0 Å². The first kappa shape index (κ1) is 13.9. The van der Waals surface area contributed by atoms with Gasteiger partial charge in [0.2, 0.25) is 0 Å². The average Bonchev–Trinajstić information content (AvgIpc) is 2.83. The first-order valence-corrected chi connectivity index (χ1v) is 8.06. The van der Waals surface area contributed by atoms with E-state index in [0.717, 1.165) is 6.42 Å². The minimum Gasteiger partial charge on any atom is -0.508 e. The van der Waals surface area contributed by atoms with Gasteiger partial charge in [-0.3, -0.25) is 0 Å². The van der Waals surface area contributed by atoms with Crippen molar-refractivity contribution in [1.82, 2.24) is 10.2 Å². The third-order valence-electron chi connectivity index (χ3n) is 4.77. The van der Waals surface area contributed by atoms with Crippen LogP contribution < -0.4 is 5.32 Å². The van der Waals surface area contributed by atoms with E-state index in [1.54, 1.807) is 0 Å². The Kier molecular flexibility index (Phi) is 4.27. The number of phenols is 1. The van der Waals surface area contributed by atoms with Crippen LogP contribution in [0.15, 0.2) is 18.2 Å². The number of hydrogen-bond donors (Lipinski definition) is 2. The predicted molar refractivity (Wildman–Crippen MR) is 82.1 cm³/mol. The molecule has 1 heterocycles. The largest absolute Gasteiger partial charge is 0.508 e. The van der Waals surface area contributed by atoms with Gasteiger partial charge in [-0.25, -0.2) is 0 Å². The molecule has 3 nitrogen and oxygen atoms in total. The molecule has 3 rings (SSSR count). The normalized spacial score (nSPS) is 23.9. The van der Waals surface area contributed by atoms with Crippen molar-refractivity contribution in [3.63, 3.8) is 0 Å². The standard InChI is InChI=1S/C17H26N2O/c1-2-9-19-10-7-14(8-11-19)18-17-6-3-13-12-15(20)4-5-16(13)17/h4-5,12,14,17-18,20H,2-3,6-11H2,1H3. The zero-order valence-electron chi connectivity index (χ0n) is 12.4. The summed E-state index contributed by atoms with van der Waals surface area (Å²) in [5.41, 5.74) is 2.73. The number of nitrogens with one attached hydrogen (secondary N) is 1. The quantitative estimate of drug-likeness (QED) is 0.886. The molecule has 0 aromatic heterocycles. The van der Waals surface area contributed by atoms with Crippen molar-refractivity contribution in [2.75, 3.05) is 19.6 Å². The van der Waals surface area contributed by atoms with Gasteiger partial charge >= 0.3 is 0 Å². The number of nitrogens with zero attached hydrogens (tertiary/aromatic N) is 1. The van der Waals surface area contributed by atoms with Gasteiger partial charge in [-0.15, -0.1) is 0 Å². The second kappa shape index (κ2) is 6.15. The van der Waals surface area contributed by atoms with Gasteiger partial charge in [0.15, 0.2) is 0 Å². The lowest BCUT2D eigenvalue weighted by atomic mass is 10.0. The Labute approximate surface area is 122 Å². The summed E-state index contributed by atoms with van der Waals surface area (Å²) in [6.45, 7) is 5.98. The molecule has 20 heavy (non-hydrogen) atoms. The highest BCUT2D eigenvalue weighted by molar-refractivity contribution is 5.40. The SMILES string of the molecule is CCCN1CCC(NC2CCc3cc(O)ccc32)CC1. The maximum absolute atomic E-state index is 9.56. The number of likely N-dealkylation sites (tertiary alicyclic amines) is 1. The van der Waals surface area contributed by atoms with Gasteiger partial charge in [-0.1, -0.05) is 13.0 Å². The molecule has 1 aromatic rings. The van der Waals surface area contributed by atoms with Gasteiger partial charge in [0.1, 0.15) is 5.75 Å². The van der Waals surface area contributed by atoms with Crippen molar-refractivity contribution in [3.8, 4) is 5.75 Å². The van der Waals surface area contributed by atoms with Gasteiger partial charge in [0, 0.05) is 12.1 Å². The number of phenolic OH excluding ortho intramolecular Hbond substituents is 1. The Bertz CT molecular complexity index is 452. The summed E-state index contributed by atoms with van der Waals surface area (Å²) in [7, 11) is 0. The molecule has 0 bridgehead atoms. The zero-order valence-corrected chi connectivity index (χ0v) is 12.4. The molecular weight excluding hydrogens is 248 g/mol. The second-order valence-corrected chi connectivity index (χ2v) is 6.26. The Hall–Kier alpha value is -1.06. The molecule has 0 spiro atoms. The topological polar surface area (TPSA) is 35.5 Å². The van der Waals surface area contributed by atoms with Gasteiger partial charge in [-0.05, 0) is 75.0 Å². The van der Waals surface area contributed by atoms with Crippen LogP contribution in [0.4, 0.5) is 0 Å². The molecule has 1 saturated heterocycles. The first-order valence-electron chi connectivity index (χ1n) is 8.06. The molecule has 2 N–H and O–H groups in total. The maximum atomic E-state index is 9.56. The van der Waals surface area contributed by atoms with Gasteiger partial charge in [-0.2, -0.15) is 0 Å². The summed E-state index contributed by atoms with van der Waals surface area (Å²) in [5.74, 6) is 0.400. The van der Waals surface area contributed by atoms with Gasteiger partial charge in [0.05, 0.1) is 0 Å². The Balaban J connectivity index is 1.56. The number of hydrogen-bond acceptors (Lipinski definition) is 3. The fourth-order valence-corrected chi connectivity index (χ4v) is 3.70. The minimum absolute atomic E-state index is 0.400. The van der Waals surface area contributed by atoms with Crippen LogP contribution in [0.3, 0.4) is 0 Å². The number of aryl methyl sites for hydroxylation is 1. The van der Waals surface area contributed by atoms with E-state index in [2.05, 4.69) is 23.2 Å². The fourth-order valence-electron chi connectivity index (χ4n) is 3.70. The van der Waals surface area contributed by atoms with E-state index < -0.39 is 0 Å². The summed E-state index contributed by atoms with van der Waals surface area (Å²) in [4.78, 5) is 2.58. The Morgan fingerprint density at radius 2 is 2.05 bits per heavy atom. The molecule has 1 aliphatic heterocycles. The van der Waals surface area contributed by atoms with E-state index in [-0.39, 0.29) is 0 Å². The molecule has 1 atom stereocenters. The third-order valence-corrected chi connectivity index (χ3v) is 4.77. The van der Waals surface area contributed by atoms with Crippen LogP contribution in [-0.2, 0) is 6.42 Å².